The fourth-order valence-corrected chi connectivity index (χ4v) is 7.41. The van der Waals surface area contributed by atoms with Gasteiger partial charge in [0, 0.05) is 0 Å². The lowest BCUT2D eigenvalue weighted by Crippen LogP contribution is -2.46. The van der Waals surface area contributed by atoms with Gasteiger partial charge in [0.25, 0.3) is 0 Å². The van der Waals surface area contributed by atoms with Crippen LogP contribution in [-0.2, 0) is 4.79 Å². The van der Waals surface area contributed by atoms with E-state index < -0.39 is 18.2 Å². The van der Waals surface area contributed by atoms with Crippen molar-refractivity contribution in [1.29, 1.82) is 0 Å². The summed E-state index contributed by atoms with van der Waals surface area (Å²) in [5.41, 5.74) is 0. The van der Waals surface area contributed by atoms with E-state index in [2.05, 4.69) is 19.2 Å². The smallest absolute Gasteiger partial charge is 0.222 e. The number of unbranched alkanes of at least 4 members (excludes halogenated alkanes) is 33. The summed E-state index contributed by atoms with van der Waals surface area (Å²) in [6, 6.07) is -0.652. The maximum atomic E-state index is 12.5. The van der Waals surface area contributed by atoms with Gasteiger partial charge >= 0.3 is 0 Å². The molecule has 0 aromatic rings. The van der Waals surface area contributed by atoms with Crippen LogP contribution in [0, 0.1) is 0 Å². The molecule has 0 aromatic carbocycles. The van der Waals surface area contributed by atoms with Crippen LogP contribution in [0.2, 0.25) is 0 Å². The molecule has 3 unspecified atom stereocenters. The number of carbonyl (C=O) groups excluding carboxylic acids is 1. The summed E-state index contributed by atoms with van der Waals surface area (Å²) in [5.74, 6) is -0.278. The topological polar surface area (TPSA) is 89.8 Å². The third kappa shape index (κ3) is 37.1. The van der Waals surface area contributed by atoms with E-state index in [-0.39, 0.29) is 18.9 Å². The molecule has 0 aliphatic heterocycles. The first kappa shape index (κ1) is 49.4. The minimum Gasteiger partial charge on any atom is -0.394 e. The first-order valence-corrected chi connectivity index (χ1v) is 22.8. The molecular formula is C45H91NO4. The highest BCUT2D eigenvalue weighted by molar-refractivity contribution is 5.76. The SMILES string of the molecule is CCCCCCCCCCCCCCCCCCCCCCC(O)C(CO)NC(=O)CC(O)CCCCCCCCCCCCCCCCC. The molecule has 0 aliphatic carbocycles. The molecule has 3 atom stereocenters. The Morgan fingerprint density at radius 3 is 0.960 bits per heavy atom. The van der Waals surface area contributed by atoms with Crippen molar-refractivity contribution in [2.75, 3.05) is 6.61 Å². The minimum atomic E-state index is -0.743. The van der Waals surface area contributed by atoms with Crippen LogP contribution in [0.25, 0.3) is 0 Å². The number of aliphatic hydroxyl groups excluding tert-OH is 3. The zero-order valence-corrected chi connectivity index (χ0v) is 34.1. The molecule has 0 bridgehead atoms. The van der Waals surface area contributed by atoms with Crippen LogP contribution in [-0.4, -0.2) is 46.1 Å². The molecule has 0 saturated carbocycles. The van der Waals surface area contributed by atoms with E-state index in [9.17, 15) is 20.1 Å². The van der Waals surface area contributed by atoms with Crippen molar-refractivity contribution in [1.82, 2.24) is 5.32 Å². The predicted molar refractivity (Wildman–Crippen MR) is 218 cm³/mol. The second-order valence-corrected chi connectivity index (χ2v) is 16.0. The van der Waals surface area contributed by atoms with E-state index in [0.717, 1.165) is 25.7 Å². The number of nitrogens with one attached hydrogen (secondary N) is 1. The maximum absolute atomic E-state index is 12.5. The van der Waals surface area contributed by atoms with Crippen molar-refractivity contribution >= 4 is 5.91 Å². The van der Waals surface area contributed by atoms with Gasteiger partial charge in [0.15, 0.2) is 0 Å². The van der Waals surface area contributed by atoms with Crippen molar-refractivity contribution in [3.8, 4) is 0 Å². The molecule has 5 nitrogen and oxygen atoms in total. The van der Waals surface area contributed by atoms with Gasteiger partial charge in [0.2, 0.25) is 5.91 Å². The number of hydrogen-bond donors (Lipinski definition) is 4. The third-order valence-electron chi connectivity index (χ3n) is 10.9. The summed E-state index contributed by atoms with van der Waals surface area (Å²) in [6.45, 7) is 4.28. The lowest BCUT2D eigenvalue weighted by Gasteiger charge is -2.23. The molecule has 5 heteroatoms. The second kappa shape index (κ2) is 41.1. The molecule has 0 rings (SSSR count). The van der Waals surface area contributed by atoms with Gasteiger partial charge in [-0.15, -0.1) is 0 Å². The van der Waals surface area contributed by atoms with E-state index in [1.807, 2.05) is 0 Å². The highest BCUT2D eigenvalue weighted by Gasteiger charge is 2.21. The molecule has 0 heterocycles. The minimum absolute atomic E-state index is 0.0428. The van der Waals surface area contributed by atoms with Gasteiger partial charge in [-0.1, -0.05) is 239 Å². The number of amides is 1. The molecule has 300 valence electrons. The van der Waals surface area contributed by atoms with Crippen LogP contribution in [0.3, 0.4) is 0 Å². The molecule has 0 saturated heterocycles. The normalized spacial score (nSPS) is 13.5. The summed E-state index contributed by atoms with van der Waals surface area (Å²) in [5, 5.41) is 33.4. The van der Waals surface area contributed by atoms with E-state index in [4.69, 9.17) is 0 Å². The van der Waals surface area contributed by atoms with Gasteiger partial charge < -0.3 is 20.6 Å². The summed E-state index contributed by atoms with van der Waals surface area (Å²) in [4.78, 5) is 12.5. The lowest BCUT2D eigenvalue weighted by atomic mass is 10.0. The molecule has 0 radical (unpaired) electrons. The quantitative estimate of drug-likeness (QED) is 0.0475. The van der Waals surface area contributed by atoms with Crippen LogP contribution in [0.15, 0.2) is 0 Å². The monoisotopic (exact) mass is 710 g/mol. The standard InChI is InChI=1S/C45H91NO4/c1-3-5-7-9-11-13-15-17-19-20-21-22-23-25-27-29-31-33-35-37-39-44(49)43(41-47)46-45(50)40-42(48)38-36-34-32-30-28-26-24-18-16-14-12-10-8-6-4-2/h42-44,47-49H,3-41H2,1-2H3,(H,46,50). The first-order chi connectivity index (χ1) is 24.5. The Morgan fingerprint density at radius 2 is 0.680 bits per heavy atom. The van der Waals surface area contributed by atoms with Crippen molar-refractivity contribution < 1.29 is 20.1 Å². The molecule has 0 aliphatic rings. The number of rotatable bonds is 42. The Labute approximate surface area is 313 Å². The highest BCUT2D eigenvalue weighted by atomic mass is 16.3. The molecule has 4 N–H and O–H groups in total. The zero-order valence-electron chi connectivity index (χ0n) is 34.1. The van der Waals surface area contributed by atoms with Crippen LogP contribution >= 0.6 is 0 Å². The van der Waals surface area contributed by atoms with Gasteiger partial charge in [0.1, 0.15) is 0 Å². The molecule has 0 aromatic heterocycles. The fraction of sp³-hybridized carbons (Fsp3) is 0.978. The molecule has 1 amide bonds. The fourth-order valence-electron chi connectivity index (χ4n) is 7.41. The zero-order chi connectivity index (χ0) is 36.6. The van der Waals surface area contributed by atoms with E-state index in [0.29, 0.717) is 12.8 Å². The number of hydrogen-bond acceptors (Lipinski definition) is 4. The Balaban J connectivity index is 3.56. The largest absolute Gasteiger partial charge is 0.394 e. The van der Waals surface area contributed by atoms with Crippen molar-refractivity contribution in [3.63, 3.8) is 0 Å². The Morgan fingerprint density at radius 1 is 0.420 bits per heavy atom. The Bertz CT molecular complexity index is 659. The summed E-state index contributed by atoms with van der Waals surface area (Å²) >= 11 is 0. The Kier molecular flexibility index (Phi) is 40.6. The van der Waals surface area contributed by atoms with Crippen LogP contribution in [0.1, 0.15) is 258 Å². The van der Waals surface area contributed by atoms with Crippen molar-refractivity contribution in [3.05, 3.63) is 0 Å². The molecule has 0 spiro atoms. The maximum Gasteiger partial charge on any atom is 0.222 e. The van der Waals surface area contributed by atoms with Gasteiger partial charge in [-0.3, -0.25) is 4.79 Å². The molecule has 50 heavy (non-hydrogen) atoms. The second-order valence-electron chi connectivity index (χ2n) is 16.0. The lowest BCUT2D eigenvalue weighted by molar-refractivity contribution is -0.125. The van der Waals surface area contributed by atoms with Gasteiger partial charge in [-0.2, -0.15) is 0 Å². The Hall–Kier alpha value is -0.650. The average molecular weight is 710 g/mol. The first-order valence-electron chi connectivity index (χ1n) is 22.8. The number of aliphatic hydroxyl groups is 3. The van der Waals surface area contributed by atoms with E-state index in [1.54, 1.807) is 0 Å². The predicted octanol–water partition coefficient (Wildman–Crippen LogP) is 13.0. The van der Waals surface area contributed by atoms with E-state index in [1.165, 1.54) is 199 Å². The molecular weight excluding hydrogens is 618 g/mol. The van der Waals surface area contributed by atoms with Crippen molar-refractivity contribution in [2.45, 2.75) is 276 Å². The van der Waals surface area contributed by atoms with Crippen LogP contribution < -0.4 is 5.32 Å². The van der Waals surface area contributed by atoms with Crippen LogP contribution in [0.5, 0.6) is 0 Å². The average Bonchev–Trinajstić information content (AvgIpc) is 3.11. The summed E-state index contributed by atoms with van der Waals surface area (Å²) < 4.78 is 0. The van der Waals surface area contributed by atoms with Gasteiger partial charge in [-0.05, 0) is 12.8 Å². The summed E-state index contributed by atoms with van der Waals surface area (Å²) in [6.07, 6.45) is 46.4. The van der Waals surface area contributed by atoms with E-state index >= 15 is 0 Å². The summed E-state index contributed by atoms with van der Waals surface area (Å²) in [7, 11) is 0. The van der Waals surface area contributed by atoms with Crippen LogP contribution in [0.4, 0.5) is 0 Å². The van der Waals surface area contributed by atoms with Crippen molar-refractivity contribution in [2.24, 2.45) is 0 Å². The number of carbonyl (C=O) groups is 1. The highest BCUT2D eigenvalue weighted by Crippen LogP contribution is 2.17. The molecule has 0 fully saturated rings. The van der Waals surface area contributed by atoms with Gasteiger partial charge in [0.05, 0.1) is 31.3 Å². The van der Waals surface area contributed by atoms with Gasteiger partial charge in [-0.25, -0.2) is 0 Å². The third-order valence-corrected chi connectivity index (χ3v) is 10.9.